The highest BCUT2D eigenvalue weighted by Crippen LogP contribution is 2.37. The van der Waals surface area contributed by atoms with Crippen molar-refractivity contribution in [2.75, 3.05) is 34.0 Å². The highest BCUT2D eigenvalue weighted by atomic mass is 19.1. The number of hydrogen-bond acceptors (Lipinski definition) is 7. The summed E-state index contributed by atoms with van der Waals surface area (Å²) in [7, 11) is 2.92. The number of ether oxygens (including phenoxy) is 3. The summed E-state index contributed by atoms with van der Waals surface area (Å²) in [6.45, 7) is 1.41. The lowest BCUT2D eigenvalue weighted by Gasteiger charge is -2.12. The number of para-hydroxylation sites is 1. The molecule has 10 heteroatoms. The monoisotopic (exact) mass is 507 g/mol. The van der Waals surface area contributed by atoms with Crippen LogP contribution >= 0.6 is 0 Å². The molecule has 0 radical (unpaired) electrons. The molecule has 9 nitrogen and oxygen atoms in total. The molecule has 0 saturated carbocycles. The number of halogens is 1. The van der Waals surface area contributed by atoms with Crippen LogP contribution in [0.15, 0.2) is 48.5 Å². The first-order valence-electron chi connectivity index (χ1n) is 11.4. The molecule has 0 aliphatic heterocycles. The van der Waals surface area contributed by atoms with Crippen LogP contribution < -0.4 is 19.5 Å². The number of nitrogens with one attached hydrogen (secondary N) is 2. The van der Waals surface area contributed by atoms with E-state index in [2.05, 4.69) is 15.3 Å². The zero-order chi connectivity index (χ0) is 26.5. The van der Waals surface area contributed by atoms with Crippen LogP contribution in [-0.4, -0.2) is 60.7 Å². The SMILES string of the molecule is COc1cc(C(=O)NCC(=O)c2ccc(OC)c(-c3c(C)[nH]c4c(F)cccc34)n2)ccc1OCCO. The third-order valence-electron chi connectivity index (χ3n) is 5.76. The standard InChI is InChI=1S/C27H26FN3O6/c1-15-24(17-5-4-6-18(28)25(17)30-15)26-22(35-2)10-8-19(31-26)20(33)14-29-27(34)16-7-9-21(37-12-11-32)23(13-16)36-3/h4-10,13,30,32H,11-12,14H2,1-3H3,(H,29,34). The van der Waals surface area contributed by atoms with E-state index in [0.29, 0.717) is 45.1 Å². The molecule has 4 rings (SSSR count). The van der Waals surface area contributed by atoms with E-state index >= 15 is 0 Å². The molecule has 0 fully saturated rings. The smallest absolute Gasteiger partial charge is 0.251 e. The molecule has 0 bridgehead atoms. The molecule has 0 aliphatic carbocycles. The number of carbonyl (C=O) groups is 2. The molecule has 2 heterocycles. The fourth-order valence-electron chi connectivity index (χ4n) is 4.00. The largest absolute Gasteiger partial charge is 0.494 e. The summed E-state index contributed by atoms with van der Waals surface area (Å²) in [5.74, 6) is -0.186. The van der Waals surface area contributed by atoms with E-state index in [1.165, 1.54) is 38.5 Å². The number of aliphatic hydroxyl groups is 1. The molecular formula is C27H26FN3O6. The van der Waals surface area contributed by atoms with Gasteiger partial charge < -0.3 is 29.6 Å². The molecule has 3 N–H and O–H groups in total. The second-order valence-electron chi connectivity index (χ2n) is 8.08. The Morgan fingerprint density at radius 2 is 1.81 bits per heavy atom. The van der Waals surface area contributed by atoms with E-state index < -0.39 is 17.5 Å². The molecule has 2 aromatic carbocycles. The van der Waals surface area contributed by atoms with Gasteiger partial charge >= 0.3 is 0 Å². The number of ketones is 1. The van der Waals surface area contributed by atoms with Crippen molar-refractivity contribution in [3.05, 3.63) is 71.3 Å². The molecule has 0 spiro atoms. The number of aliphatic hydroxyl groups excluding tert-OH is 1. The number of H-pyrrole nitrogens is 1. The first-order chi connectivity index (χ1) is 17.9. The number of Topliss-reactive ketones (excluding diaryl/α,β-unsaturated/α-hetero) is 1. The molecule has 0 unspecified atom stereocenters. The third kappa shape index (κ3) is 5.24. The van der Waals surface area contributed by atoms with Crippen LogP contribution in [0.5, 0.6) is 17.2 Å². The van der Waals surface area contributed by atoms with Gasteiger partial charge in [0.1, 0.15) is 29.6 Å². The zero-order valence-corrected chi connectivity index (χ0v) is 20.6. The van der Waals surface area contributed by atoms with Crippen LogP contribution in [0.4, 0.5) is 4.39 Å². The molecular weight excluding hydrogens is 481 g/mol. The zero-order valence-electron chi connectivity index (χ0n) is 20.6. The number of benzene rings is 2. The molecule has 0 saturated heterocycles. The molecule has 0 atom stereocenters. The fourth-order valence-corrected chi connectivity index (χ4v) is 4.00. The molecule has 1 amide bonds. The second kappa shape index (κ2) is 11.1. The Kier molecular flexibility index (Phi) is 7.69. The average molecular weight is 508 g/mol. The van der Waals surface area contributed by atoms with Crippen molar-refractivity contribution in [1.29, 1.82) is 0 Å². The summed E-state index contributed by atoms with van der Waals surface area (Å²) in [5, 5.41) is 12.1. The second-order valence-corrected chi connectivity index (χ2v) is 8.08. The van der Waals surface area contributed by atoms with Crippen molar-refractivity contribution >= 4 is 22.6 Å². The number of pyridine rings is 1. The molecule has 2 aromatic heterocycles. The number of aromatic nitrogens is 2. The summed E-state index contributed by atoms with van der Waals surface area (Å²) in [6.07, 6.45) is 0. The Balaban J connectivity index is 1.55. The number of aryl methyl sites for hydroxylation is 1. The van der Waals surface area contributed by atoms with Crippen LogP contribution in [0.2, 0.25) is 0 Å². The van der Waals surface area contributed by atoms with E-state index in [0.717, 1.165) is 0 Å². The quantitative estimate of drug-likeness (QED) is 0.280. The minimum Gasteiger partial charge on any atom is -0.494 e. The number of carbonyl (C=O) groups excluding carboxylic acids is 2. The lowest BCUT2D eigenvalue weighted by molar-refractivity contribution is 0.0902. The minimum absolute atomic E-state index is 0.0836. The summed E-state index contributed by atoms with van der Waals surface area (Å²) in [6, 6.07) is 12.4. The van der Waals surface area contributed by atoms with Crippen LogP contribution in [0.1, 0.15) is 26.5 Å². The maximum Gasteiger partial charge on any atom is 0.251 e. The van der Waals surface area contributed by atoms with Gasteiger partial charge in [-0.2, -0.15) is 0 Å². The van der Waals surface area contributed by atoms with Crippen LogP contribution in [-0.2, 0) is 0 Å². The number of nitrogens with zero attached hydrogens (tertiary/aromatic N) is 1. The first kappa shape index (κ1) is 25.6. The van der Waals surface area contributed by atoms with Crippen LogP contribution in [0.25, 0.3) is 22.2 Å². The predicted octanol–water partition coefficient (Wildman–Crippen LogP) is 3.68. The van der Waals surface area contributed by atoms with Gasteiger partial charge in [-0.05, 0) is 43.3 Å². The number of amides is 1. The van der Waals surface area contributed by atoms with Gasteiger partial charge in [0, 0.05) is 22.2 Å². The van der Waals surface area contributed by atoms with Crippen molar-refractivity contribution in [2.45, 2.75) is 6.92 Å². The topological polar surface area (TPSA) is 123 Å². The van der Waals surface area contributed by atoms with Crippen molar-refractivity contribution in [3.63, 3.8) is 0 Å². The highest BCUT2D eigenvalue weighted by molar-refractivity contribution is 6.03. The normalized spacial score (nSPS) is 10.8. The number of aromatic amines is 1. The number of fused-ring (bicyclic) bond motifs is 1. The number of methoxy groups -OCH3 is 2. The van der Waals surface area contributed by atoms with Crippen molar-refractivity contribution in [2.24, 2.45) is 0 Å². The Morgan fingerprint density at radius 3 is 2.54 bits per heavy atom. The minimum atomic E-state index is -0.489. The number of hydrogen-bond donors (Lipinski definition) is 3. The summed E-state index contributed by atoms with van der Waals surface area (Å²) in [4.78, 5) is 33.2. The molecule has 4 aromatic rings. The predicted molar refractivity (Wildman–Crippen MR) is 135 cm³/mol. The van der Waals surface area contributed by atoms with Crippen molar-refractivity contribution < 1.29 is 33.3 Å². The maximum atomic E-state index is 14.3. The van der Waals surface area contributed by atoms with Gasteiger partial charge in [0.15, 0.2) is 17.3 Å². The van der Waals surface area contributed by atoms with Gasteiger partial charge in [-0.25, -0.2) is 9.37 Å². The summed E-state index contributed by atoms with van der Waals surface area (Å²) >= 11 is 0. The Bertz CT molecular complexity index is 1470. The Morgan fingerprint density at radius 1 is 1.05 bits per heavy atom. The van der Waals surface area contributed by atoms with E-state index in [9.17, 15) is 14.0 Å². The molecule has 37 heavy (non-hydrogen) atoms. The van der Waals surface area contributed by atoms with Gasteiger partial charge in [0.2, 0.25) is 0 Å². The highest BCUT2D eigenvalue weighted by Gasteiger charge is 2.21. The van der Waals surface area contributed by atoms with Gasteiger partial charge in [-0.1, -0.05) is 12.1 Å². The summed E-state index contributed by atoms with van der Waals surface area (Å²) < 4.78 is 30.4. The maximum absolute atomic E-state index is 14.3. The van der Waals surface area contributed by atoms with Crippen molar-refractivity contribution in [1.82, 2.24) is 15.3 Å². The van der Waals surface area contributed by atoms with Crippen LogP contribution in [0, 0.1) is 12.7 Å². The Labute approximate surface area is 212 Å². The first-order valence-corrected chi connectivity index (χ1v) is 11.4. The average Bonchev–Trinajstić information content (AvgIpc) is 3.26. The molecule has 0 aliphatic rings. The van der Waals surface area contributed by atoms with E-state index in [4.69, 9.17) is 19.3 Å². The third-order valence-corrected chi connectivity index (χ3v) is 5.76. The molecule has 192 valence electrons. The van der Waals surface area contributed by atoms with Gasteiger partial charge in [0.25, 0.3) is 5.91 Å². The fraction of sp³-hybridized carbons (Fsp3) is 0.222. The van der Waals surface area contributed by atoms with Gasteiger partial charge in [-0.3, -0.25) is 9.59 Å². The van der Waals surface area contributed by atoms with Crippen molar-refractivity contribution in [3.8, 4) is 28.5 Å². The van der Waals surface area contributed by atoms with Crippen LogP contribution in [0.3, 0.4) is 0 Å². The Hall–Kier alpha value is -4.44. The van der Waals surface area contributed by atoms with E-state index in [-0.39, 0.29) is 31.0 Å². The number of rotatable bonds is 10. The van der Waals surface area contributed by atoms with E-state index in [1.54, 1.807) is 31.2 Å². The van der Waals surface area contributed by atoms with Gasteiger partial charge in [0.05, 0.1) is 32.9 Å². The van der Waals surface area contributed by atoms with E-state index in [1.807, 2.05) is 0 Å². The lowest BCUT2D eigenvalue weighted by atomic mass is 10.0. The van der Waals surface area contributed by atoms with Gasteiger partial charge in [-0.15, -0.1) is 0 Å². The lowest BCUT2D eigenvalue weighted by Crippen LogP contribution is -2.30. The summed E-state index contributed by atoms with van der Waals surface area (Å²) in [5.41, 5.74) is 2.40.